The summed E-state index contributed by atoms with van der Waals surface area (Å²) in [5.41, 5.74) is 1.93. The molecule has 0 aromatic heterocycles. The van der Waals surface area contributed by atoms with Crippen LogP contribution in [0.4, 0.5) is 4.39 Å². The first-order valence-electron chi connectivity index (χ1n) is 8.84. The molecule has 27 heavy (non-hydrogen) atoms. The second kappa shape index (κ2) is 8.64. The normalized spacial score (nSPS) is 17.5. The Kier molecular flexibility index (Phi) is 6.96. The van der Waals surface area contributed by atoms with Gasteiger partial charge in [0.2, 0.25) is 10.0 Å². The number of carbonyl (C=O) groups is 1. The van der Waals surface area contributed by atoms with E-state index in [4.69, 9.17) is 9.57 Å². The number of ether oxygens (including phenoxy) is 1. The molecule has 2 N–H and O–H groups in total. The van der Waals surface area contributed by atoms with Crippen LogP contribution < -0.4 is 10.2 Å². The van der Waals surface area contributed by atoms with E-state index in [0.717, 1.165) is 6.07 Å². The molecule has 1 aromatic rings. The summed E-state index contributed by atoms with van der Waals surface area (Å²) in [6.45, 7) is 7.68. The molecule has 1 aliphatic heterocycles. The van der Waals surface area contributed by atoms with Crippen LogP contribution in [0, 0.1) is 18.7 Å². The maximum atomic E-state index is 13.5. The molecular weight excluding hydrogens is 375 g/mol. The number of halogens is 1. The first-order valence-corrected chi connectivity index (χ1v) is 10.3. The van der Waals surface area contributed by atoms with Gasteiger partial charge >= 0.3 is 0 Å². The Balaban J connectivity index is 2.23. The molecule has 1 atom stereocenters. The Bertz CT molecular complexity index is 770. The van der Waals surface area contributed by atoms with Gasteiger partial charge in [0.15, 0.2) is 0 Å². The van der Waals surface area contributed by atoms with Gasteiger partial charge in [-0.25, -0.2) is 18.3 Å². The lowest BCUT2D eigenvalue weighted by atomic mass is 9.92. The van der Waals surface area contributed by atoms with E-state index < -0.39 is 33.4 Å². The molecule has 1 saturated heterocycles. The highest BCUT2D eigenvalue weighted by molar-refractivity contribution is 7.89. The Labute approximate surface area is 159 Å². The van der Waals surface area contributed by atoms with Gasteiger partial charge in [-0.05, 0) is 70.2 Å². The van der Waals surface area contributed by atoms with E-state index >= 15 is 0 Å². The predicted molar refractivity (Wildman–Crippen MR) is 97.8 cm³/mol. The van der Waals surface area contributed by atoms with Crippen LogP contribution in [0.2, 0.25) is 0 Å². The van der Waals surface area contributed by atoms with Crippen LogP contribution in [0.5, 0.6) is 0 Å². The van der Waals surface area contributed by atoms with E-state index in [1.165, 1.54) is 19.1 Å². The van der Waals surface area contributed by atoms with Gasteiger partial charge in [-0.15, -0.1) is 0 Å². The fraction of sp³-hybridized carbons (Fsp3) is 0.611. The Morgan fingerprint density at radius 1 is 1.30 bits per heavy atom. The Morgan fingerprint density at radius 3 is 2.48 bits per heavy atom. The Hall–Kier alpha value is -1.55. The number of hydrogen-bond donors (Lipinski definition) is 2. The molecule has 7 nitrogen and oxygen atoms in total. The lowest BCUT2D eigenvalue weighted by molar-refractivity contribution is -0.149. The van der Waals surface area contributed by atoms with Crippen molar-refractivity contribution in [1.82, 2.24) is 10.2 Å². The molecule has 1 aromatic carbocycles. The minimum atomic E-state index is -4.02. The van der Waals surface area contributed by atoms with E-state index in [-0.39, 0.29) is 16.4 Å². The number of benzene rings is 1. The summed E-state index contributed by atoms with van der Waals surface area (Å²) in [6, 6.07) is 2.49. The first-order chi connectivity index (χ1) is 12.5. The average Bonchev–Trinajstić information content (AvgIpc) is 2.60. The molecule has 0 spiro atoms. The van der Waals surface area contributed by atoms with Crippen molar-refractivity contribution >= 4 is 15.9 Å². The SMILES string of the molecule is Cc1cc(S(=O)(=O)N[C@@H](C(=O)NOC(C)(C)C)C2CCOCC2)ccc1F. The lowest BCUT2D eigenvalue weighted by Crippen LogP contribution is -2.53. The van der Waals surface area contributed by atoms with Crippen LogP contribution in [0.3, 0.4) is 0 Å². The summed E-state index contributed by atoms with van der Waals surface area (Å²) < 4.78 is 46.8. The largest absolute Gasteiger partial charge is 0.381 e. The number of amides is 1. The number of nitrogens with one attached hydrogen (secondary N) is 2. The minimum Gasteiger partial charge on any atom is -0.381 e. The van der Waals surface area contributed by atoms with Gasteiger partial charge in [0.25, 0.3) is 5.91 Å². The monoisotopic (exact) mass is 402 g/mol. The smallest absolute Gasteiger partial charge is 0.262 e. The minimum absolute atomic E-state index is 0.0944. The van der Waals surface area contributed by atoms with Gasteiger partial charge in [0.05, 0.1) is 10.5 Å². The molecule has 0 radical (unpaired) electrons. The third-order valence-electron chi connectivity index (χ3n) is 4.20. The number of hydroxylamine groups is 1. The molecule has 0 saturated carbocycles. The quantitative estimate of drug-likeness (QED) is 0.711. The van der Waals surface area contributed by atoms with Crippen molar-refractivity contribution < 1.29 is 27.2 Å². The lowest BCUT2D eigenvalue weighted by Gasteiger charge is -2.30. The van der Waals surface area contributed by atoms with Crippen molar-refractivity contribution in [3.05, 3.63) is 29.6 Å². The zero-order valence-electron chi connectivity index (χ0n) is 16.0. The van der Waals surface area contributed by atoms with Crippen LogP contribution in [0.25, 0.3) is 0 Å². The molecule has 0 bridgehead atoms. The average molecular weight is 402 g/mol. The maximum absolute atomic E-state index is 13.5. The van der Waals surface area contributed by atoms with Crippen molar-refractivity contribution in [1.29, 1.82) is 0 Å². The third-order valence-corrected chi connectivity index (χ3v) is 5.64. The third kappa shape index (κ3) is 6.24. The van der Waals surface area contributed by atoms with Crippen molar-refractivity contribution in [2.24, 2.45) is 5.92 Å². The summed E-state index contributed by atoms with van der Waals surface area (Å²) in [7, 11) is -4.02. The second-order valence-corrected chi connectivity index (χ2v) is 9.35. The van der Waals surface area contributed by atoms with E-state index in [1.54, 1.807) is 20.8 Å². The van der Waals surface area contributed by atoms with Gasteiger partial charge < -0.3 is 4.74 Å². The molecule has 1 heterocycles. The summed E-state index contributed by atoms with van der Waals surface area (Å²) in [5, 5.41) is 0. The molecule has 1 fully saturated rings. The van der Waals surface area contributed by atoms with Gasteiger partial charge in [0, 0.05) is 13.2 Å². The topological polar surface area (TPSA) is 93.7 Å². The summed E-state index contributed by atoms with van der Waals surface area (Å²) in [5.74, 6) is -1.30. The molecule has 1 aliphatic rings. The maximum Gasteiger partial charge on any atom is 0.262 e. The standard InChI is InChI=1S/C18H27FN2O5S/c1-12-11-14(5-6-15(12)19)27(23,24)21-16(13-7-9-25-10-8-13)17(22)20-26-18(2,3)4/h5-6,11,13,16,21H,7-10H2,1-4H3,(H,20,22)/t16-/m1/s1. The first kappa shape index (κ1) is 21.7. The Morgan fingerprint density at radius 2 is 1.93 bits per heavy atom. The van der Waals surface area contributed by atoms with Crippen LogP contribution >= 0.6 is 0 Å². The fourth-order valence-electron chi connectivity index (χ4n) is 2.70. The zero-order valence-corrected chi connectivity index (χ0v) is 16.9. The van der Waals surface area contributed by atoms with Gasteiger partial charge in [-0.2, -0.15) is 4.72 Å². The highest BCUT2D eigenvalue weighted by Crippen LogP contribution is 2.22. The number of aryl methyl sites for hydroxylation is 1. The molecule has 152 valence electrons. The molecule has 0 aliphatic carbocycles. The van der Waals surface area contributed by atoms with Gasteiger partial charge in [0.1, 0.15) is 11.9 Å². The van der Waals surface area contributed by atoms with E-state index in [1.807, 2.05) is 0 Å². The zero-order chi connectivity index (χ0) is 20.2. The molecule has 1 amide bonds. The van der Waals surface area contributed by atoms with Crippen molar-refractivity contribution in [2.75, 3.05) is 13.2 Å². The van der Waals surface area contributed by atoms with Crippen molar-refractivity contribution in [2.45, 2.75) is 57.1 Å². The summed E-state index contributed by atoms with van der Waals surface area (Å²) >= 11 is 0. The fourth-order valence-corrected chi connectivity index (χ4v) is 4.05. The molecular formula is C18H27FN2O5S. The van der Waals surface area contributed by atoms with Crippen molar-refractivity contribution in [3.63, 3.8) is 0 Å². The highest BCUT2D eigenvalue weighted by Gasteiger charge is 2.34. The van der Waals surface area contributed by atoms with E-state index in [0.29, 0.717) is 26.1 Å². The number of hydrogen-bond acceptors (Lipinski definition) is 5. The predicted octanol–water partition coefficient (Wildman–Crippen LogP) is 2.05. The number of carbonyl (C=O) groups excluding carboxylic acids is 1. The van der Waals surface area contributed by atoms with Crippen LogP contribution in [0.15, 0.2) is 23.1 Å². The number of rotatable bonds is 6. The molecule has 2 rings (SSSR count). The van der Waals surface area contributed by atoms with E-state index in [9.17, 15) is 17.6 Å². The molecule has 9 heteroatoms. The second-order valence-electron chi connectivity index (χ2n) is 7.64. The van der Waals surface area contributed by atoms with Crippen LogP contribution in [0.1, 0.15) is 39.2 Å². The summed E-state index contributed by atoms with van der Waals surface area (Å²) in [4.78, 5) is 17.9. The molecule has 0 unspecified atom stereocenters. The summed E-state index contributed by atoms with van der Waals surface area (Å²) in [6.07, 6.45) is 1.08. The number of sulfonamides is 1. The van der Waals surface area contributed by atoms with Gasteiger partial charge in [-0.1, -0.05) is 0 Å². The van der Waals surface area contributed by atoms with E-state index in [2.05, 4.69) is 10.2 Å². The highest BCUT2D eigenvalue weighted by atomic mass is 32.2. The van der Waals surface area contributed by atoms with Crippen LogP contribution in [-0.4, -0.2) is 39.2 Å². The van der Waals surface area contributed by atoms with Crippen LogP contribution in [-0.2, 0) is 24.4 Å². The van der Waals surface area contributed by atoms with Crippen molar-refractivity contribution in [3.8, 4) is 0 Å². The van der Waals surface area contributed by atoms with Gasteiger partial charge in [-0.3, -0.25) is 9.63 Å².